The summed E-state index contributed by atoms with van der Waals surface area (Å²) in [7, 11) is 0. The summed E-state index contributed by atoms with van der Waals surface area (Å²) in [4.78, 5) is 7.55. The van der Waals surface area contributed by atoms with E-state index in [-0.39, 0.29) is 0 Å². The third kappa shape index (κ3) is 7.36. The van der Waals surface area contributed by atoms with Gasteiger partial charge < -0.3 is 18.8 Å². The number of rotatable bonds is 15. The summed E-state index contributed by atoms with van der Waals surface area (Å²) in [5.41, 5.74) is 5.10. The summed E-state index contributed by atoms with van der Waals surface area (Å²) in [5, 5.41) is 0. The molecule has 5 heteroatoms. The van der Waals surface area contributed by atoms with E-state index in [0.717, 1.165) is 59.2 Å². The van der Waals surface area contributed by atoms with Gasteiger partial charge in [-0.05, 0) is 81.2 Å². The molecule has 5 nitrogen and oxygen atoms in total. The molecular weight excluding hydrogens is 458 g/mol. The Morgan fingerprint density at radius 3 is 2.19 bits per heavy atom. The Bertz CT molecular complexity index is 1210. The highest BCUT2D eigenvalue weighted by Crippen LogP contribution is 2.29. The number of pyridine rings is 1. The van der Waals surface area contributed by atoms with Gasteiger partial charge in [0.2, 0.25) is 0 Å². The molecule has 2 aromatic heterocycles. The van der Waals surface area contributed by atoms with Crippen molar-refractivity contribution in [1.29, 1.82) is 0 Å². The molecule has 0 aliphatic carbocycles. The number of unbranched alkanes of at least 4 members (excludes halogenated alkanes) is 2. The van der Waals surface area contributed by atoms with Gasteiger partial charge in [-0.25, -0.2) is 4.98 Å². The zero-order valence-electron chi connectivity index (χ0n) is 22.7. The molecule has 0 atom stereocenters. The van der Waals surface area contributed by atoms with E-state index in [1.165, 1.54) is 38.8 Å². The monoisotopic (exact) mass is 499 g/mol. The van der Waals surface area contributed by atoms with E-state index in [4.69, 9.17) is 14.5 Å². The molecule has 0 amide bonds. The number of ether oxygens (including phenoxy) is 2. The fraction of sp³-hybridized carbons (Fsp3) is 0.406. The minimum Gasteiger partial charge on any atom is -0.494 e. The van der Waals surface area contributed by atoms with Crippen LogP contribution in [0.3, 0.4) is 0 Å². The summed E-state index contributed by atoms with van der Waals surface area (Å²) >= 11 is 0. The lowest BCUT2D eigenvalue weighted by Gasteiger charge is -2.21. The van der Waals surface area contributed by atoms with Crippen LogP contribution in [0.25, 0.3) is 16.9 Å². The van der Waals surface area contributed by atoms with E-state index in [1.54, 1.807) is 0 Å². The van der Waals surface area contributed by atoms with Gasteiger partial charge in [0.05, 0.1) is 12.3 Å². The summed E-state index contributed by atoms with van der Waals surface area (Å²) in [6.45, 7) is 11.4. The minimum absolute atomic E-state index is 0.517. The van der Waals surface area contributed by atoms with E-state index in [2.05, 4.69) is 66.5 Å². The largest absolute Gasteiger partial charge is 0.494 e. The third-order valence-corrected chi connectivity index (χ3v) is 6.76. The average Bonchev–Trinajstić information content (AvgIpc) is 3.28. The molecule has 2 aromatic carbocycles. The first-order valence-corrected chi connectivity index (χ1v) is 13.8. The first-order valence-electron chi connectivity index (χ1n) is 13.8. The van der Waals surface area contributed by atoms with E-state index in [0.29, 0.717) is 6.61 Å². The van der Waals surface area contributed by atoms with E-state index < -0.39 is 0 Å². The van der Waals surface area contributed by atoms with Gasteiger partial charge in [-0.2, -0.15) is 0 Å². The number of hydrogen-bond acceptors (Lipinski definition) is 4. The lowest BCUT2D eigenvalue weighted by molar-refractivity contribution is 0.229. The zero-order valence-corrected chi connectivity index (χ0v) is 22.7. The summed E-state index contributed by atoms with van der Waals surface area (Å²) in [6, 6.07) is 22.5. The van der Waals surface area contributed by atoms with Gasteiger partial charge in [0.15, 0.2) is 11.4 Å². The lowest BCUT2D eigenvalue weighted by Crippen LogP contribution is -2.28. The van der Waals surface area contributed by atoms with Crippen molar-refractivity contribution in [2.45, 2.75) is 59.5 Å². The molecule has 4 aromatic rings. The van der Waals surface area contributed by atoms with Gasteiger partial charge in [-0.1, -0.05) is 57.0 Å². The molecule has 0 radical (unpaired) electrons. The van der Waals surface area contributed by atoms with Crippen molar-refractivity contribution in [3.05, 3.63) is 84.2 Å². The number of imidazole rings is 1. The number of nitrogens with zero attached hydrogens (tertiary/aromatic N) is 3. The van der Waals surface area contributed by atoms with Crippen LogP contribution in [0.4, 0.5) is 0 Å². The summed E-state index contributed by atoms with van der Waals surface area (Å²) in [6.07, 6.45) is 8.13. The lowest BCUT2D eigenvalue weighted by atomic mass is 10.1. The highest BCUT2D eigenvalue weighted by molar-refractivity contribution is 5.69. The second-order valence-electron chi connectivity index (χ2n) is 9.66. The van der Waals surface area contributed by atoms with E-state index in [9.17, 15) is 0 Å². The van der Waals surface area contributed by atoms with Crippen molar-refractivity contribution >= 4 is 5.65 Å². The van der Waals surface area contributed by atoms with Crippen molar-refractivity contribution in [3.8, 4) is 22.8 Å². The number of fused-ring (bicyclic) bond motifs is 1. The maximum atomic E-state index is 6.14. The predicted octanol–water partition coefficient (Wildman–Crippen LogP) is 7.56. The van der Waals surface area contributed by atoms with Crippen LogP contribution in [-0.2, 0) is 6.61 Å². The highest BCUT2D eigenvalue weighted by atomic mass is 16.5. The molecule has 0 aliphatic heterocycles. The third-order valence-electron chi connectivity index (χ3n) is 6.76. The molecular formula is C32H41N3O2. The minimum atomic E-state index is 0.517. The topological polar surface area (TPSA) is 39.0 Å². The second-order valence-corrected chi connectivity index (χ2v) is 9.66. The van der Waals surface area contributed by atoms with Crippen LogP contribution >= 0.6 is 0 Å². The van der Waals surface area contributed by atoms with Crippen LogP contribution in [0.5, 0.6) is 11.5 Å². The van der Waals surface area contributed by atoms with Crippen molar-refractivity contribution in [3.63, 3.8) is 0 Å². The molecule has 0 saturated carbocycles. The van der Waals surface area contributed by atoms with Crippen molar-refractivity contribution in [2.24, 2.45) is 0 Å². The maximum absolute atomic E-state index is 6.14. The Kier molecular flexibility index (Phi) is 10.0. The van der Waals surface area contributed by atoms with Gasteiger partial charge in [0.1, 0.15) is 12.4 Å². The molecule has 196 valence electrons. The van der Waals surface area contributed by atoms with Crippen LogP contribution in [0, 0.1) is 6.92 Å². The van der Waals surface area contributed by atoms with Gasteiger partial charge in [0.25, 0.3) is 0 Å². The van der Waals surface area contributed by atoms with Gasteiger partial charge in [-0.15, -0.1) is 0 Å². The fourth-order valence-corrected chi connectivity index (χ4v) is 4.57. The van der Waals surface area contributed by atoms with E-state index >= 15 is 0 Å². The molecule has 0 aliphatic rings. The zero-order chi connectivity index (χ0) is 25.9. The fourth-order valence-electron chi connectivity index (χ4n) is 4.57. The van der Waals surface area contributed by atoms with Crippen molar-refractivity contribution in [1.82, 2.24) is 14.3 Å². The Morgan fingerprint density at radius 1 is 0.784 bits per heavy atom. The number of hydrogen-bond donors (Lipinski definition) is 0. The van der Waals surface area contributed by atoms with Gasteiger partial charge in [0, 0.05) is 24.0 Å². The normalized spacial score (nSPS) is 11.4. The van der Waals surface area contributed by atoms with Crippen LogP contribution in [0.15, 0.2) is 72.9 Å². The molecule has 0 N–H and O–H groups in total. The highest BCUT2D eigenvalue weighted by Gasteiger charge is 2.14. The van der Waals surface area contributed by atoms with Crippen molar-refractivity contribution < 1.29 is 9.47 Å². The molecule has 0 fully saturated rings. The first-order chi connectivity index (χ1) is 18.2. The molecule has 2 heterocycles. The molecule has 0 spiro atoms. The molecule has 37 heavy (non-hydrogen) atoms. The quantitative estimate of drug-likeness (QED) is 0.158. The van der Waals surface area contributed by atoms with Crippen LogP contribution in [-0.4, -0.2) is 40.5 Å². The maximum Gasteiger partial charge on any atom is 0.180 e. The molecule has 0 unspecified atom stereocenters. The van der Waals surface area contributed by atoms with Crippen LogP contribution in [0.2, 0.25) is 0 Å². The Balaban J connectivity index is 1.36. The van der Waals surface area contributed by atoms with Crippen LogP contribution in [0.1, 0.15) is 57.2 Å². The van der Waals surface area contributed by atoms with Crippen LogP contribution < -0.4 is 9.47 Å². The van der Waals surface area contributed by atoms with E-state index in [1.807, 2.05) is 36.5 Å². The smallest absolute Gasteiger partial charge is 0.180 e. The first kappa shape index (κ1) is 26.7. The summed E-state index contributed by atoms with van der Waals surface area (Å²) in [5.74, 6) is 1.69. The standard InChI is InChI=1S/C32H41N3O2/c1-4-6-20-34(21-7-5-2)22-12-24-36-29-18-16-28(17-19-29)31-26(3)35-23-11-15-30(32(35)33-31)37-25-27-13-9-8-10-14-27/h8-11,13-19,23H,4-7,12,20-22,24-25H2,1-3H3. The SMILES string of the molecule is CCCCN(CCCC)CCCOc1ccc(-c2nc3c(OCc4ccccc4)cccn3c2C)cc1. The molecule has 0 saturated heterocycles. The number of aromatic nitrogens is 2. The summed E-state index contributed by atoms with van der Waals surface area (Å²) < 4.78 is 14.3. The predicted molar refractivity (Wildman–Crippen MR) is 153 cm³/mol. The second kappa shape index (κ2) is 13.8. The van der Waals surface area contributed by atoms with Crippen molar-refractivity contribution in [2.75, 3.05) is 26.2 Å². The Morgan fingerprint density at radius 2 is 1.49 bits per heavy atom. The average molecular weight is 500 g/mol. The van der Waals surface area contributed by atoms with Gasteiger partial charge >= 0.3 is 0 Å². The molecule has 4 rings (SSSR count). The Labute approximate surface area is 222 Å². The Hall–Kier alpha value is -3.31. The number of benzene rings is 2. The molecule has 0 bridgehead atoms. The van der Waals surface area contributed by atoms with Gasteiger partial charge in [-0.3, -0.25) is 0 Å². The number of aryl methyl sites for hydroxylation is 1.